The van der Waals surface area contributed by atoms with Crippen LogP contribution in [0.1, 0.15) is 30.9 Å². The van der Waals surface area contributed by atoms with Gasteiger partial charge in [-0.2, -0.15) is 5.10 Å². The van der Waals surface area contributed by atoms with E-state index in [0.717, 1.165) is 12.8 Å². The number of nitrogens with zero attached hydrogens (tertiary/aromatic N) is 2. The van der Waals surface area contributed by atoms with Gasteiger partial charge in [0, 0.05) is 17.7 Å². The van der Waals surface area contributed by atoms with Gasteiger partial charge >= 0.3 is 0 Å². The SMILES string of the molecule is COc1ccc(-c2nn(C(CCO)C3CC3)c(=O)c(C)c2N)cc1F. The Hall–Kier alpha value is -2.41. The number of nitrogens with two attached hydrogens (primary N) is 1. The molecule has 1 atom stereocenters. The molecule has 1 aromatic heterocycles. The number of halogens is 1. The molecule has 0 aliphatic heterocycles. The van der Waals surface area contributed by atoms with Crippen molar-refractivity contribution in [3.05, 3.63) is 39.9 Å². The number of ether oxygens (including phenoxy) is 1. The maximum Gasteiger partial charge on any atom is 0.272 e. The van der Waals surface area contributed by atoms with E-state index in [2.05, 4.69) is 5.10 Å². The lowest BCUT2D eigenvalue weighted by Gasteiger charge is -2.20. The number of hydrogen-bond acceptors (Lipinski definition) is 5. The highest BCUT2D eigenvalue weighted by atomic mass is 19.1. The average molecular weight is 347 g/mol. The molecule has 7 heteroatoms. The molecule has 25 heavy (non-hydrogen) atoms. The van der Waals surface area contributed by atoms with E-state index in [1.165, 1.54) is 23.9 Å². The van der Waals surface area contributed by atoms with Crippen LogP contribution in [-0.4, -0.2) is 28.6 Å². The summed E-state index contributed by atoms with van der Waals surface area (Å²) in [6, 6.07) is 4.29. The summed E-state index contributed by atoms with van der Waals surface area (Å²) in [6.45, 7) is 1.62. The number of anilines is 1. The Labute approximate surface area is 145 Å². The zero-order valence-electron chi connectivity index (χ0n) is 14.3. The van der Waals surface area contributed by atoms with Crippen molar-refractivity contribution in [1.29, 1.82) is 0 Å². The molecule has 3 rings (SSSR count). The molecule has 1 heterocycles. The maximum atomic E-state index is 14.1. The predicted molar refractivity (Wildman–Crippen MR) is 93.1 cm³/mol. The summed E-state index contributed by atoms with van der Waals surface area (Å²) >= 11 is 0. The fourth-order valence-corrected chi connectivity index (χ4v) is 3.09. The molecule has 0 radical (unpaired) electrons. The van der Waals surface area contributed by atoms with Gasteiger partial charge in [-0.1, -0.05) is 0 Å². The Balaban J connectivity index is 2.14. The van der Waals surface area contributed by atoms with Crippen molar-refractivity contribution < 1.29 is 14.2 Å². The first kappa shape index (κ1) is 17.4. The van der Waals surface area contributed by atoms with Crippen molar-refractivity contribution in [3.63, 3.8) is 0 Å². The van der Waals surface area contributed by atoms with Crippen LogP contribution >= 0.6 is 0 Å². The third kappa shape index (κ3) is 3.24. The normalized spacial score (nSPS) is 15.2. The third-order valence-corrected chi connectivity index (χ3v) is 4.73. The fraction of sp³-hybridized carbons (Fsp3) is 0.444. The Morgan fingerprint density at radius 2 is 2.20 bits per heavy atom. The van der Waals surface area contributed by atoms with Crippen LogP contribution < -0.4 is 16.0 Å². The second kappa shape index (κ2) is 6.84. The zero-order valence-corrected chi connectivity index (χ0v) is 14.3. The maximum absolute atomic E-state index is 14.1. The first-order valence-electron chi connectivity index (χ1n) is 8.31. The number of aromatic nitrogens is 2. The van der Waals surface area contributed by atoms with E-state index in [1.54, 1.807) is 13.0 Å². The summed E-state index contributed by atoms with van der Waals surface area (Å²) in [7, 11) is 1.39. The minimum Gasteiger partial charge on any atom is -0.494 e. The molecule has 1 fully saturated rings. The second-order valence-corrected chi connectivity index (χ2v) is 6.40. The molecule has 0 bridgehead atoms. The van der Waals surface area contributed by atoms with Gasteiger partial charge in [-0.05, 0) is 50.3 Å². The molecular formula is C18H22FN3O3. The van der Waals surface area contributed by atoms with Gasteiger partial charge in [-0.3, -0.25) is 4.79 Å². The van der Waals surface area contributed by atoms with Crippen molar-refractivity contribution in [2.24, 2.45) is 5.92 Å². The largest absolute Gasteiger partial charge is 0.494 e. The van der Waals surface area contributed by atoms with Crippen LogP contribution in [0.5, 0.6) is 5.75 Å². The van der Waals surface area contributed by atoms with Crippen LogP contribution in [0.25, 0.3) is 11.3 Å². The van der Waals surface area contributed by atoms with Crippen molar-refractivity contribution in [2.45, 2.75) is 32.2 Å². The summed E-state index contributed by atoms with van der Waals surface area (Å²) in [5.41, 5.74) is 7.29. The molecular weight excluding hydrogens is 325 g/mol. The molecule has 6 nitrogen and oxygen atoms in total. The van der Waals surface area contributed by atoms with Crippen LogP contribution in [0.15, 0.2) is 23.0 Å². The van der Waals surface area contributed by atoms with E-state index in [0.29, 0.717) is 29.2 Å². The van der Waals surface area contributed by atoms with Gasteiger partial charge in [0.15, 0.2) is 11.6 Å². The Bertz CT molecular complexity index is 846. The summed E-state index contributed by atoms with van der Waals surface area (Å²) in [4.78, 5) is 12.6. The standard InChI is InChI=1S/C18H22FN3O3/c1-10-16(20)17(12-5-6-15(25-2)13(19)9-12)21-22(18(10)24)14(7-8-23)11-3-4-11/h5-6,9,11,14,23H,3-4,7-8,20H2,1-2H3. The van der Waals surface area contributed by atoms with E-state index >= 15 is 0 Å². The van der Waals surface area contributed by atoms with Crippen molar-refractivity contribution >= 4 is 5.69 Å². The lowest BCUT2D eigenvalue weighted by Crippen LogP contribution is -2.32. The monoisotopic (exact) mass is 347 g/mol. The van der Waals surface area contributed by atoms with Gasteiger partial charge in [-0.25, -0.2) is 9.07 Å². The first-order valence-corrected chi connectivity index (χ1v) is 8.31. The average Bonchev–Trinajstić information content (AvgIpc) is 3.43. The topological polar surface area (TPSA) is 90.4 Å². The summed E-state index contributed by atoms with van der Waals surface area (Å²) in [5.74, 6) is -0.0602. The molecule has 0 amide bonds. The third-order valence-electron chi connectivity index (χ3n) is 4.73. The van der Waals surface area contributed by atoms with Gasteiger partial charge in [0.2, 0.25) is 0 Å². The smallest absolute Gasteiger partial charge is 0.272 e. The lowest BCUT2D eigenvalue weighted by molar-refractivity contribution is 0.236. The minimum absolute atomic E-state index is 0.0226. The van der Waals surface area contributed by atoms with Gasteiger partial charge in [0.1, 0.15) is 5.69 Å². The molecule has 1 unspecified atom stereocenters. The quantitative estimate of drug-likeness (QED) is 0.837. The van der Waals surface area contributed by atoms with Gasteiger partial charge in [0.05, 0.1) is 18.8 Å². The number of aliphatic hydroxyl groups excluding tert-OH is 1. The molecule has 134 valence electrons. The van der Waals surface area contributed by atoms with E-state index in [1.807, 2.05) is 0 Å². The molecule has 1 aliphatic carbocycles. The van der Waals surface area contributed by atoms with E-state index in [-0.39, 0.29) is 29.6 Å². The van der Waals surface area contributed by atoms with Gasteiger partial charge < -0.3 is 15.6 Å². The number of aliphatic hydroxyl groups is 1. The van der Waals surface area contributed by atoms with Crippen LogP contribution in [0, 0.1) is 18.7 Å². The highest BCUT2D eigenvalue weighted by molar-refractivity contribution is 5.74. The summed E-state index contributed by atoms with van der Waals surface area (Å²) in [6.07, 6.45) is 2.47. The fourth-order valence-electron chi connectivity index (χ4n) is 3.09. The number of benzene rings is 1. The molecule has 2 aromatic rings. The van der Waals surface area contributed by atoms with Crippen LogP contribution in [0.2, 0.25) is 0 Å². The van der Waals surface area contributed by atoms with Crippen molar-refractivity contribution in [3.8, 4) is 17.0 Å². The Morgan fingerprint density at radius 1 is 1.48 bits per heavy atom. The molecule has 1 aliphatic rings. The molecule has 3 N–H and O–H groups in total. The van der Waals surface area contributed by atoms with Crippen molar-refractivity contribution in [1.82, 2.24) is 9.78 Å². The van der Waals surface area contributed by atoms with E-state index in [9.17, 15) is 14.3 Å². The van der Waals surface area contributed by atoms with E-state index in [4.69, 9.17) is 10.5 Å². The minimum atomic E-state index is -0.522. The second-order valence-electron chi connectivity index (χ2n) is 6.40. The van der Waals surface area contributed by atoms with Crippen LogP contribution in [0.4, 0.5) is 10.1 Å². The number of methoxy groups -OCH3 is 1. The van der Waals surface area contributed by atoms with Crippen LogP contribution in [0.3, 0.4) is 0 Å². The summed E-state index contributed by atoms with van der Waals surface area (Å²) < 4.78 is 20.4. The number of hydrogen-bond donors (Lipinski definition) is 2. The van der Waals surface area contributed by atoms with Gasteiger partial charge in [-0.15, -0.1) is 0 Å². The molecule has 0 saturated heterocycles. The molecule has 1 aromatic carbocycles. The van der Waals surface area contributed by atoms with Gasteiger partial charge in [0.25, 0.3) is 5.56 Å². The Morgan fingerprint density at radius 3 is 2.76 bits per heavy atom. The highest BCUT2D eigenvalue weighted by Gasteiger charge is 2.34. The van der Waals surface area contributed by atoms with Crippen molar-refractivity contribution in [2.75, 3.05) is 19.5 Å². The zero-order chi connectivity index (χ0) is 18.1. The lowest BCUT2D eigenvalue weighted by atomic mass is 10.1. The van der Waals surface area contributed by atoms with Crippen LogP contribution in [-0.2, 0) is 0 Å². The highest BCUT2D eigenvalue weighted by Crippen LogP contribution is 2.41. The molecule has 1 saturated carbocycles. The predicted octanol–water partition coefficient (Wildman–Crippen LogP) is 2.28. The Kier molecular flexibility index (Phi) is 4.76. The first-order chi connectivity index (χ1) is 12.0. The number of rotatable bonds is 6. The molecule has 0 spiro atoms. The number of nitrogen functional groups attached to an aromatic ring is 1. The summed E-state index contributed by atoms with van der Waals surface area (Å²) in [5, 5.41) is 13.8. The van der Waals surface area contributed by atoms with E-state index < -0.39 is 5.82 Å².